The smallest absolute Gasteiger partial charge is 0.255 e. The summed E-state index contributed by atoms with van der Waals surface area (Å²) in [7, 11) is 1.55. The number of rotatable bonds is 8. The van der Waals surface area contributed by atoms with E-state index >= 15 is 0 Å². The molecule has 0 bridgehead atoms. The van der Waals surface area contributed by atoms with Gasteiger partial charge in [-0.2, -0.15) is 0 Å². The predicted molar refractivity (Wildman–Crippen MR) is 138 cm³/mol. The minimum atomic E-state index is -0.770. The number of amides is 3. The van der Waals surface area contributed by atoms with E-state index in [1.807, 2.05) is 45.9 Å². The zero-order chi connectivity index (χ0) is 25.5. The van der Waals surface area contributed by atoms with Crippen LogP contribution in [0.1, 0.15) is 45.7 Å². The van der Waals surface area contributed by atoms with Crippen molar-refractivity contribution in [3.8, 4) is 5.75 Å². The van der Waals surface area contributed by atoms with E-state index in [0.717, 1.165) is 11.1 Å². The molecule has 0 heterocycles. The van der Waals surface area contributed by atoms with Crippen LogP contribution in [0.15, 0.2) is 66.7 Å². The molecule has 3 rings (SSSR count). The van der Waals surface area contributed by atoms with Crippen LogP contribution in [0.2, 0.25) is 0 Å². The molecule has 3 N–H and O–H groups in total. The van der Waals surface area contributed by atoms with Crippen molar-refractivity contribution in [1.29, 1.82) is 0 Å². The number of benzene rings is 3. The lowest BCUT2D eigenvalue weighted by molar-refractivity contribution is -0.118. The topological polar surface area (TPSA) is 96.5 Å². The number of hydrogen-bond acceptors (Lipinski definition) is 4. The molecule has 0 aliphatic heterocycles. The summed E-state index contributed by atoms with van der Waals surface area (Å²) in [5, 5.41) is 8.54. The minimum absolute atomic E-state index is 0.161. The van der Waals surface area contributed by atoms with Gasteiger partial charge in [-0.3, -0.25) is 14.4 Å². The predicted octanol–water partition coefficient (Wildman–Crippen LogP) is 4.96. The third kappa shape index (κ3) is 6.47. The standard InChI is InChI=1S/C28H31N3O4/c1-17(2)25(28(34)29-23-15-10-18(3)16-19(23)4)31-27(33)22-8-6-7-9-24(22)30-26(32)20-11-13-21(35-5)14-12-20/h6-17,25H,1-5H3,(H,29,34)(H,30,32)(H,31,33). The first kappa shape index (κ1) is 25.5. The van der Waals surface area contributed by atoms with Crippen LogP contribution in [0.3, 0.4) is 0 Å². The minimum Gasteiger partial charge on any atom is -0.497 e. The van der Waals surface area contributed by atoms with Gasteiger partial charge in [0.25, 0.3) is 11.8 Å². The Morgan fingerprint density at radius 2 is 1.49 bits per heavy atom. The maximum absolute atomic E-state index is 13.2. The molecule has 0 fully saturated rings. The van der Waals surface area contributed by atoms with Gasteiger partial charge in [-0.25, -0.2) is 0 Å². The zero-order valence-electron chi connectivity index (χ0n) is 20.6. The number of ether oxygens (including phenoxy) is 1. The third-order valence-corrected chi connectivity index (χ3v) is 5.65. The van der Waals surface area contributed by atoms with Crippen LogP contribution in [-0.4, -0.2) is 30.9 Å². The molecular formula is C28H31N3O4. The Morgan fingerprint density at radius 3 is 2.11 bits per heavy atom. The lowest BCUT2D eigenvalue weighted by atomic mass is 10.0. The van der Waals surface area contributed by atoms with E-state index in [0.29, 0.717) is 22.7 Å². The van der Waals surface area contributed by atoms with Gasteiger partial charge >= 0.3 is 0 Å². The first-order valence-corrected chi connectivity index (χ1v) is 11.4. The Hall–Kier alpha value is -4.13. The van der Waals surface area contributed by atoms with E-state index in [-0.39, 0.29) is 23.3 Å². The highest BCUT2D eigenvalue weighted by atomic mass is 16.5. The van der Waals surface area contributed by atoms with Gasteiger partial charge in [-0.05, 0) is 67.8 Å². The van der Waals surface area contributed by atoms with E-state index in [2.05, 4.69) is 16.0 Å². The van der Waals surface area contributed by atoms with Crippen LogP contribution in [0.5, 0.6) is 5.75 Å². The highest BCUT2D eigenvalue weighted by Gasteiger charge is 2.26. The number of methoxy groups -OCH3 is 1. The van der Waals surface area contributed by atoms with Gasteiger partial charge in [0, 0.05) is 11.3 Å². The normalized spacial score (nSPS) is 11.5. The molecule has 0 spiro atoms. The van der Waals surface area contributed by atoms with Crippen molar-refractivity contribution in [1.82, 2.24) is 5.32 Å². The maximum Gasteiger partial charge on any atom is 0.255 e. The quantitative estimate of drug-likeness (QED) is 0.431. The van der Waals surface area contributed by atoms with Crippen LogP contribution < -0.4 is 20.7 Å². The third-order valence-electron chi connectivity index (χ3n) is 5.65. The van der Waals surface area contributed by atoms with Crippen LogP contribution in [-0.2, 0) is 4.79 Å². The van der Waals surface area contributed by atoms with Crippen molar-refractivity contribution in [3.63, 3.8) is 0 Å². The second kappa shape index (κ2) is 11.3. The molecule has 0 aliphatic carbocycles. The molecule has 3 aromatic rings. The molecule has 0 aliphatic rings. The molecule has 35 heavy (non-hydrogen) atoms. The molecule has 0 saturated heterocycles. The highest BCUT2D eigenvalue weighted by molar-refractivity contribution is 6.10. The lowest BCUT2D eigenvalue weighted by Crippen LogP contribution is -2.47. The van der Waals surface area contributed by atoms with Crippen molar-refractivity contribution in [3.05, 3.63) is 89.0 Å². The van der Waals surface area contributed by atoms with Crippen LogP contribution in [0.25, 0.3) is 0 Å². The van der Waals surface area contributed by atoms with Gasteiger partial charge in [0.05, 0.1) is 18.4 Å². The molecule has 7 nitrogen and oxygen atoms in total. The summed E-state index contributed by atoms with van der Waals surface area (Å²) < 4.78 is 5.13. The Balaban J connectivity index is 1.76. The summed E-state index contributed by atoms with van der Waals surface area (Å²) >= 11 is 0. The number of carbonyl (C=O) groups excluding carboxylic acids is 3. The van der Waals surface area contributed by atoms with Crippen LogP contribution in [0.4, 0.5) is 11.4 Å². The van der Waals surface area contributed by atoms with Gasteiger partial charge in [0.1, 0.15) is 11.8 Å². The average Bonchev–Trinajstić information content (AvgIpc) is 2.84. The molecule has 0 aromatic heterocycles. The van der Waals surface area contributed by atoms with Crippen LogP contribution >= 0.6 is 0 Å². The van der Waals surface area contributed by atoms with Gasteiger partial charge < -0.3 is 20.7 Å². The van der Waals surface area contributed by atoms with E-state index in [1.165, 1.54) is 0 Å². The number of hydrogen-bond donors (Lipinski definition) is 3. The van der Waals surface area contributed by atoms with E-state index in [1.54, 1.807) is 55.6 Å². The lowest BCUT2D eigenvalue weighted by Gasteiger charge is -2.23. The fourth-order valence-corrected chi connectivity index (χ4v) is 3.65. The molecule has 7 heteroatoms. The van der Waals surface area contributed by atoms with Crippen molar-refractivity contribution in [2.75, 3.05) is 17.7 Å². The van der Waals surface area contributed by atoms with E-state index in [4.69, 9.17) is 4.74 Å². The first-order chi connectivity index (χ1) is 16.7. The fraction of sp³-hybridized carbons (Fsp3) is 0.250. The van der Waals surface area contributed by atoms with Gasteiger partial charge in [-0.1, -0.05) is 43.7 Å². The molecule has 3 amide bonds. The summed E-state index contributed by atoms with van der Waals surface area (Å²) in [5.41, 5.74) is 3.78. The second-order valence-electron chi connectivity index (χ2n) is 8.73. The zero-order valence-corrected chi connectivity index (χ0v) is 20.6. The number of anilines is 2. The Bertz CT molecular complexity index is 1220. The summed E-state index contributed by atoms with van der Waals surface area (Å²) in [5.74, 6) is -0.642. The van der Waals surface area contributed by atoms with Crippen LogP contribution in [0, 0.1) is 19.8 Å². The SMILES string of the molecule is COc1ccc(C(=O)Nc2ccccc2C(=O)NC(C(=O)Nc2ccc(C)cc2C)C(C)C)cc1. The molecule has 1 unspecified atom stereocenters. The molecular weight excluding hydrogens is 442 g/mol. The number of carbonyl (C=O) groups is 3. The van der Waals surface area contributed by atoms with Gasteiger partial charge in [0.15, 0.2) is 0 Å². The number of nitrogens with one attached hydrogen (secondary N) is 3. The van der Waals surface area contributed by atoms with E-state index in [9.17, 15) is 14.4 Å². The van der Waals surface area contributed by atoms with Crippen molar-refractivity contribution >= 4 is 29.1 Å². The Labute approximate surface area is 205 Å². The summed E-state index contributed by atoms with van der Waals surface area (Å²) in [6.07, 6.45) is 0. The average molecular weight is 474 g/mol. The Morgan fingerprint density at radius 1 is 0.800 bits per heavy atom. The highest BCUT2D eigenvalue weighted by Crippen LogP contribution is 2.20. The summed E-state index contributed by atoms with van der Waals surface area (Å²) in [4.78, 5) is 39.0. The molecule has 182 valence electrons. The largest absolute Gasteiger partial charge is 0.497 e. The van der Waals surface area contributed by atoms with Crippen molar-refractivity contribution < 1.29 is 19.1 Å². The van der Waals surface area contributed by atoms with Crippen molar-refractivity contribution in [2.45, 2.75) is 33.7 Å². The molecule has 3 aromatic carbocycles. The monoisotopic (exact) mass is 473 g/mol. The van der Waals surface area contributed by atoms with E-state index < -0.39 is 11.9 Å². The fourth-order valence-electron chi connectivity index (χ4n) is 3.65. The molecule has 0 radical (unpaired) electrons. The first-order valence-electron chi connectivity index (χ1n) is 11.4. The second-order valence-corrected chi connectivity index (χ2v) is 8.73. The maximum atomic E-state index is 13.2. The van der Waals surface area contributed by atoms with Crippen molar-refractivity contribution in [2.24, 2.45) is 5.92 Å². The molecule has 1 atom stereocenters. The molecule has 0 saturated carbocycles. The number of para-hydroxylation sites is 1. The van der Waals surface area contributed by atoms with Gasteiger partial charge in [0.2, 0.25) is 5.91 Å². The van der Waals surface area contributed by atoms with Gasteiger partial charge in [-0.15, -0.1) is 0 Å². The Kier molecular flexibility index (Phi) is 8.25. The summed E-state index contributed by atoms with van der Waals surface area (Å²) in [6, 6.07) is 18.4. The summed E-state index contributed by atoms with van der Waals surface area (Å²) in [6.45, 7) is 7.64. The number of aryl methyl sites for hydroxylation is 2.